The SMILES string of the molecule is O=C(NC1CCCC1NC(=O)C1(Cl)Cc2cccnc2S1)c1ccc(-n2ccccc2=O)cc1. The molecule has 34 heavy (non-hydrogen) atoms. The number of fused-ring (bicyclic) bond motifs is 1. The lowest BCUT2D eigenvalue weighted by Crippen LogP contribution is -2.52. The van der Waals surface area contributed by atoms with Gasteiger partial charge in [-0.15, -0.1) is 0 Å². The summed E-state index contributed by atoms with van der Waals surface area (Å²) in [6.45, 7) is 0. The summed E-state index contributed by atoms with van der Waals surface area (Å²) in [5.74, 6) is -0.466. The Morgan fingerprint density at radius 1 is 1.03 bits per heavy atom. The van der Waals surface area contributed by atoms with Crippen LogP contribution in [0.2, 0.25) is 0 Å². The smallest absolute Gasteiger partial charge is 0.255 e. The van der Waals surface area contributed by atoms with Gasteiger partial charge in [0.2, 0.25) is 0 Å². The maximum Gasteiger partial charge on any atom is 0.255 e. The number of aromatic nitrogens is 2. The van der Waals surface area contributed by atoms with E-state index in [1.807, 2.05) is 12.1 Å². The van der Waals surface area contributed by atoms with Gasteiger partial charge in [0.1, 0.15) is 5.03 Å². The standard InChI is InChI=1S/C25H23ClN4O3S/c26-25(15-17-5-4-13-27-23(17)34-25)24(33)29-20-7-3-6-19(20)28-22(32)16-9-11-18(12-10-16)30-14-2-1-8-21(30)31/h1-2,4-5,8-14,19-20H,3,6-7,15H2,(H,28,32)(H,29,33). The van der Waals surface area contributed by atoms with Gasteiger partial charge < -0.3 is 10.6 Å². The second-order valence-electron chi connectivity index (χ2n) is 8.52. The summed E-state index contributed by atoms with van der Waals surface area (Å²) in [6, 6.07) is 15.2. The van der Waals surface area contributed by atoms with E-state index in [2.05, 4.69) is 15.6 Å². The number of thioether (sulfide) groups is 1. The topological polar surface area (TPSA) is 93.1 Å². The lowest BCUT2D eigenvalue weighted by atomic mass is 10.1. The summed E-state index contributed by atoms with van der Waals surface area (Å²) in [5, 5.41) is 6.91. The van der Waals surface area contributed by atoms with Gasteiger partial charge in [0.05, 0.1) is 0 Å². The number of carbonyl (C=O) groups is 2. The number of pyridine rings is 2. The Kier molecular flexibility index (Phi) is 6.18. The Morgan fingerprint density at radius 3 is 2.53 bits per heavy atom. The van der Waals surface area contributed by atoms with Gasteiger partial charge in [-0.25, -0.2) is 4.98 Å². The molecule has 1 aliphatic heterocycles. The Hall–Kier alpha value is -3.10. The van der Waals surface area contributed by atoms with Gasteiger partial charge in [-0.2, -0.15) is 0 Å². The number of carbonyl (C=O) groups excluding carboxylic acids is 2. The summed E-state index contributed by atoms with van der Waals surface area (Å²) in [6.07, 6.45) is 6.24. The molecule has 0 spiro atoms. The maximum absolute atomic E-state index is 13.1. The molecule has 0 radical (unpaired) electrons. The van der Waals surface area contributed by atoms with Gasteiger partial charge >= 0.3 is 0 Å². The first-order valence-electron chi connectivity index (χ1n) is 11.1. The second-order valence-corrected chi connectivity index (χ2v) is 10.7. The molecule has 2 aromatic heterocycles. The van der Waals surface area contributed by atoms with Crippen molar-refractivity contribution in [2.24, 2.45) is 0 Å². The van der Waals surface area contributed by atoms with Crippen LogP contribution in [0.15, 0.2) is 76.8 Å². The molecule has 2 aliphatic rings. The number of halogens is 1. The zero-order valence-electron chi connectivity index (χ0n) is 18.2. The first kappa shape index (κ1) is 22.7. The Morgan fingerprint density at radius 2 is 1.79 bits per heavy atom. The van der Waals surface area contributed by atoms with Crippen LogP contribution in [-0.4, -0.2) is 37.7 Å². The minimum atomic E-state index is -1.13. The van der Waals surface area contributed by atoms with E-state index in [1.165, 1.54) is 22.4 Å². The summed E-state index contributed by atoms with van der Waals surface area (Å²) in [4.78, 5) is 42.3. The normalized spacial score (nSPS) is 23.3. The maximum atomic E-state index is 13.1. The van der Waals surface area contributed by atoms with E-state index in [4.69, 9.17) is 11.6 Å². The molecule has 9 heteroatoms. The van der Waals surface area contributed by atoms with Crippen LogP contribution < -0.4 is 16.2 Å². The minimum Gasteiger partial charge on any atom is -0.349 e. The Labute approximate surface area is 205 Å². The molecule has 3 atom stereocenters. The van der Waals surface area contributed by atoms with Gasteiger partial charge in [-0.1, -0.05) is 35.5 Å². The molecule has 2 N–H and O–H groups in total. The van der Waals surface area contributed by atoms with Crippen molar-refractivity contribution in [3.63, 3.8) is 0 Å². The van der Waals surface area contributed by atoms with Crippen LogP contribution in [0, 0.1) is 0 Å². The second kappa shape index (κ2) is 9.27. The summed E-state index contributed by atoms with van der Waals surface area (Å²) in [7, 11) is 0. The predicted molar refractivity (Wildman–Crippen MR) is 131 cm³/mol. The molecule has 5 rings (SSSR count). The van der Waals surface area contributed by atoms with E-state index in [9.17, 15) is 14.4 Å². The molecular weight excluding hydrogens is 472 g/mol. The van der Waals surface area contributed by atoms with Gasteiger partial charge in [0, 0.05) is 48.2 Å². The van der Waals surface area contributed by atoms with Crippen molar-refractivity contribution in [3.05, 3.63) is 88.5 Å². The van der Waals surface area contributed by atoms with E-state index in [1.54, 1.807) is 48.8 Å². The third-order valence-corrected chi connectivity index (χ3v) is 8.00. The quantitative estimate of drug-likeness (QED) is 0.531. The van der Waals surface area contributed by atoms with E-state index in [0.29, 0.717) is 17.7 Å². The third-order valence-electron chi connectivity index (χ3n) is 6.24. The number of benzene rings is 1. The fourth-order valence-electron chi connectivity index (χ4n) is 4.46. The highest BCUT2D eigenvalue weighted by Gasteiger charge is 2.45. The number of hydrogen-bond donors (Lipinski definition) is 2. The van der Waals surface area contributed by atoms with Crippen molar-refractivity contribution < 1.29 is 9.59 Å². The van der Waals surface area contributed by atoms with Crippen LogP contribution in [0.25, 0.3) is 5.69 Å². The number of amides is 2. The minimum absolute atomic E-state index is 0.138. The molecule has 174 valence electrons. The van der Waals surface area contributed by atoms with E-state index in [-0.39, 0.29) is 29.5 Å². The van der Waals surface area contributed by atoms with Crippen LogP contribution in [0.4, 0.5) is 0 Å². The monoisotopic (exact) mass is 494 g/mol. The summed E-state index contributed by atoms with van der Waals surface area (Å²) >= 11 is 7.96. The summed E-state index contributed by atoms with van der Waals surface area (Å²) < 4.78 is 0.389. The molecule has 1 aromatic carbocycles. The largest absolute Gasteiger partial charge is 0.349 e. The van der Waals surface area contributed by atoms with E-state index in [0.717, 1.165) is 29.9 Å². The van der Waals surface area contributed by atoms with Crippen molar-refractivity contribution in [2.75, 3.05) is 0 Å². The average molecular weight is 495 g/mol. The number of nitrogens with zero attached hydrogens (tertiary/aromatic N) is 2. The first-order chi connectivity index (χ1) is 16.4. The van der Waals surface area contributed by atoms with Crippen LogP contribution in [0.5, 0.6) is 0 Å². The zero-order valence-corrected chi connectivity index (χ0v) is 19.8. The lowest BCUT2D eigenvalue weighted by molar-refractivity contribution is -0.122. The Balaban J connectivity index is 1.22. The van der Waals surface area contributed by atoms with Crippen molar-refractivity contribution in [1.82, 2.24) is 20.2 Å². The molecular formula is C25H23ClN4O3S. The predicted octanol–water partition coefficient (Wildman–Crippen LogP) is 3.28. The van der Waals surface area contributed by atoms with Gasteiger partial charge in [0.15, 0.2) is 4.21 Å². The lowest BCUT2D eigenvalue weighted by Gasteiger charge is -2.26. The first-order valence-corrected chi connectivity index (χ1v) is 12.3. The third kappa shape index (κ3) is 4.48. The molecule has 3 aromatic rings. The van der Waals surface area contributed by atoms with Crippen molar-refractivity contribution in [1.29, 1.82) is 0 Å². The molecule has 0 bridgehead atoms. The van der Waals surface area contributed by atoms with Crippen LogP contribution in [0.3, 0.4) is 0 Å². The molecule has 7 nitrogen and oxygen atoms in total. The van der Waals surface area contributed by atoms with Gasteiger partial charge in [0.25, 0.3) is 17.4 Å². The molecule has 1 aliphatic carbocycles. The van der Waals surface area contributed by atoms with Crippen LogP contribution in [0.1, 0.15) is 35.2 Å². The van der Waals surface area contributed by atoms with Crippen molar-refractivity contribution in [2.45, 2.75) is 47.0 Å². The average Bonchev–Trinajstić information content (AvgIpc) is 3.43. The van der Waals surface area contributed by atoms with Crippen molar-refractivity contribution >= 4 is 35.2 Å². The van der Waals surface area contributed by atoms with Gasteiger partial charge in [-0.3, -0.25) is 19.0 Å². The molecule has 3 heterocycles. The van der Waals surface area contributed by atoms with E-state index >= 15 is 0 Å². The number of hydrogen-bond acceptors (Lipinski definition) is 5. The highest BCUT2D eigenvalue weighted by atomic mass is 35.5. The molecule has 1 saturated carbocycles. The van der Waals surface area contributed by atoms with Gasteiger partial charge in [-0.05, 0) is 61.2 Å². The number of rotatable bonds is 5. The fourth-order valence-corrected chi connectivity index (χ4v) is 5.95. The highest BCUT2D eigenvalue weighted by Crippen LogP contribution is 2.47. The van der Waals surface area contributed by atoms with Crippen LogP contribution >= 0.6 is 23.4 Å². The zero-order chi connectivity index (χ0) is 23.7. The number of alkyl halides is 1. The molecule has 1 fully saturated rings. The molecule has 0 saturated heterocycles. The van der Waals surface area contributed by atoms with Crippen molar-refractivity contribution in [3.8, 4) is 5.69 Å². The van der Waals surface area contributed by atoms with Crippen LogP contribution in [-0.2, 0) is 11.2 Å². The Bertz CT molecular complexity index is 1270. The molecule has 2 amide bonds. The fraction of sp³-hybridized carbons (Fsp3) is 0.280. The highest BCUT2D eigenvalue weighted by molar-refractivity contribution is 8.03. The molecule has 3 unspecified atom stereocenters. The summed E-state index contributed by atoms with van der Waals surface area (Å²) in [5.41, 5.74) is 2.01. The number of nitrogens with one attached hydrogen (secondary N) is 2. The van der Waals surface area contributed by atoms with E-state index < -0.39 is 4.21 Å².